The van der Waals surface area contributed by atoms with Gasteiger partial charge in [0.25, 0.3) is 0 Å². The molecule has 4 heterocycles. The third-order valence-electron chi connectivity index (χ3n) is 6.55. The zero-order valence-electron chi connectivity index (χ0n) is 19.1. The molecule has 2 saturated heterocycles. The second-order valence-corrected chi connectivity index (χ2v) is 11.2. The number of nitrogens with one attached hydrogen (secondary N) is 1. The number of benzene rings is 1. The van der Waals surface area contributed by atoms with Gasteiger partial charge in [-0.15, -0.1) is 0 Å². The van der Waals surface area contributed by atoms with Crippen molar-refractivity contribution in [3.63, 3.8) is 0 Å². The first-order valence-corrected chi connectivity index (χ1v) is 13.0. The van der Waals surface area contributed by atoms with E-state index >= 15 is 0 Å². The second-order valence-electron chi connectivity index (χ2n) is 8.91. The van der Waals surface area contributed by atoms with E-state index in [1.165, 1.54) is 12.3 Å². The van der Waals surface area contributed by atoms with Crippen LogP contribution in [-0.2, 0) is 27.5 Å². The molecule has 0 radical (unpaired) electrons. The molecule has 2 aromatic heterocycles. The monoisotopic (exact) mass is 573 g/mol. The summed E-state index contributed by atoms with van der Waals surface area (Å²) in [6.45, 7) is -0.137. The van der Waals surface area contributed by atoms with Crippen molar-refractivity contribution in [1.29, 1.82) is 0 Å². The van der Waals surface area contributed by atoms with Crippen molar-refractivity contribution in [2.24, 2.45) is 5.92 Å². The lowest BCUT2D eigenvalue weighted by atomic mass is 9.83. The van der Waals surface area contributed by atoms with Gasteiger partial charge in [-0.3, -0.25) is 9.78 Å². The summed E-state index contributed by atoms with van der Waals surface area (Å²) in [5.74, 6) is -4.66. The molecule has 1 N–H and O–H groups in total. The van der Waals surface area contributed by atoms with Crippen molar-refractivity contribution in [2.75, 3.05) is 0 Å². The number of halogens is 6. The van der Waals surface area contributed by atoms with Gasteiger partial charge in [0.1, 0.15) is 6.04 Å². The molecule has 200 valence electrons. The molecule has 3 fully saturated rings. The Hall–Kier alpha value is -3.23. The van der Waals surface area contributed by atoms with Gasteiger partial charge in [0.05, 0.1) is 15.6 Å². The smallest absolute Gasteiger partial charge is 0.351 e. The van der Waals surface area contributed by atoms with Crippen molar-refractivity contribution in [1.82, 2.24) is 24.6 Å². The van der Waals surface area contributed by atoms with Crippen molar-refractivity contribution < 1.29 is 35.2 Å². The van der Waals surface area contributed by atoms with Crippen LogP contribution in [0.15, 0.2) is 47.8 Å². The average Bonchev–Trinajstić information content (AvgIpc) is 3.42. The Kier molecular flexibility index (Phi) is 6.60. The van der Waals surface area contributed by atoms with E-state index in [9.17, 15) is 35.2 Å². The van der Waals surface area contributed by atoms with Crippen LogP contribution in [-0.4, -0.2) is 45.7 Å². The van der Waals surface area contributed by atoms with Crippen LogP contribution in [0.2, 0.25) is 5.02 Å². The van der Waals surface area contributed by atoms with E-state index in [1.807, 2.05) is 0 Å². The fourth-order valence-corrected chi connectivity index (χ4v) is 6.67. The maximum atomic E-state index is 13.7. The van der Waals surface area contributed by atoms with E-state index in [-0.39, 0.29) is 28.7 Å². The lowest BCUT2D eigenvalue weighted by molar-refractivity contribution is -0.145. The largest absolute Gasteiger partial charge is 0.451 e. The fourth-order valence-electron chi connectivity index (χ4n) is 4.63. The molecule has 38 heavy (non-hydrogen) atoms. The van der Waals surface area contributed by atoms with Gasteiger partial charge in [0.15, 0.2) is 11.6 Å². The second kappa shape index (κ2) is 9.50. The highest BCUT2D eigenvalue weighted by atomic mass is 35.5. The van der Waals surface area contributed by atoms with Crippen LogP contribution in [0.1, 0.15) is 24.2 Å². The number of carbonyl (C=O) groups is 1. The molecule has 0 spiro atoms. The zero-order chi connectivity index (χ0) is 27.4. The van der Waals surface area contributed by atoms with Gasteiger partial charge in [-0.2, -0.15) is 17.5 Å². The molecule has 8 nitrogen and oxygen atoms in total. The summed E-state index contributed by atoms with van der Waals surface area (Å²) in [6, 6.07) is 2.19. The SMILES string of the molecule is O=C(NCc1cc(-c2cnc(C(F)(F)F)nc2)ncc1Cl)[C@@H]1C2CC(C2)N1S(=O)(=O)c1ccc(F)c(F)c1. The number of sulfonamides is 1. The molecule has 0 unspecified atom stereocenters. The van der Waals surface area contributed by atoms with E-state index in [1.54, 1.807) is 0 Å². The summed E-state index contributed by atoms with van der Waals surface area (Å²) in [4.78, 5) is 23.3. The van der Waals surface area contributed by atoms with Crippen LogP contribution in [0.4, 0.5) is 22.0 Å². The lowest BCUT2D eigenvalue weighted by Gasteiger charge is -2.25. The van der Waals surface area contributed by atoms with Crippen LogP contribution >= 0.6 is 11.6 Å². The minimum atomic E-state index is -4.70. The topological polar surface area (TPSA) is 105 Å². The first-order valence-electron chi connectivity index (χ1n) is 11.2. The molecule has 3 aliphatic rings. The number of alkyl halides is 3. The third kappa shape index (κ3) is 4.71. The van der Waals surface area contributed by atoms with Gasteiger partial charge >= 0.3 is 6.18 Å². The van der Waals surface area contributed by atoms with Gasteiger partial charge in [-0.05, 0) is 48.6 Å². The molecule has 1 aromatic carbocycles. The van der Waals surface area contributed by atoms with Crippen molar-refractivity contribution >= 4 is 27.5 Å². The number of amides is 1. The van der Waals surface area contributed by atoms with Crippen LogP contribution < -0.4 is 5.32 Å². The minimum Gasteiger partial charge on any atom is -0.351 e. The number of rotatable bonds is 6. The quantitative estimate of drug-likeness (QED) is 0.448. The van der Waals surface area contributed by atoms with Crippen LogP contribution in [0, 0.1) is 17.6 Å². The molecular formula is C23H17ClF5N5O3S. The Balaban J connectivity index is 1.33. The van der Waals surface area contributed by atoms with Crippen molar-refractivity contribution in [2.45, 2.75) is 42.5 Å². The number of carbonyl (C=O) groups excluding carboxylic acids is 1. The molecule has 2 bridgehead atoms. The first kappa shape index (κ1) is 26.4. The first-order chi connectivity index (χ1) is 17.9. The summed E-state index contributed by atoms with van der Waals surface area (Å²) in [5.41, 5.74) is 0.756. The average molecular weight is 574 g/mol. The van der Waals surface area contributed by atoms with E-state index in [0.29, 0.717) is 30.5 Å². The highest BCUT2D eigenvalue weighted by Crippen LogP contribution is 2.48. The number of fused-ring (bicyclic) bond motifs is 1. The number of nitrogens with zero attached hydrogens (tertiary/aromatic N) is 4. The molecule has 6 rings (SSSR count). The van der Waals surface area contributed by atoms with Gasteiger partial charge in [-0.25, -0.2) is 27.2 Å². The Labute approximate surface area is 217 Å². The molecule has 1 atom stereocenters. The molecule has 2 aliphatic heterocycles. The molecule has 1 saturated carbocycles. The number of pyridine rings is 1. The third-order valence-corrected chi connectivity index (χ3v) is 8.82. The predicted octanol–water partition coefficient (Wildman–Crippen LogP) is 3.96. The fraction of sp³-hybridized carbons (Fsp3) is 0.304. The maximum Gasteiger partial charge on any atom is 0.451 e. The van der Waals surface area contributed by atoms with E-state index in [0.717, 1.165) is 22.8 Å². The summed E-state index contributed by atoms with van der Waals surface area (Å²) in [5, 5.41) is 2.81. The molecular weight excluding hydrogens is 557 g/mol. The summed E-state index contributed by atoms with van der Waals surface area (Å²) in [6.07, 6.45) is -0.622. The number of aromatic nitrogens is 3. The Bertz CT molecular complexity index is 1510. The van der Waals surface area contributed by atoms with Gasteiger partial charge in [0, 0.05) is 36.7 Å². The van der Waals surface area contributed by atoms with Gasteiger partial charge in [-0.1, -0.05) is 11.6 Å². The van der Waals surface area contributed by atoms with Crippen molar-refractivity contribution in [3.8, 4) is 11.3 Å². The molecule has 1 amide bonds. The normalized spacial score (nSPS) is 21.3. The zero-order valence-corrected chi connectivity index (χ0v) is 20.7. The van der Waals surface area contributed by atoms with Gasteiger partial charge < -0.3 is 5.32 Å². The molecule has 3 aromatic rings. The number of hydrogen-bond donors (Lipinski definition) is 1. The highest BCUT2D eigenvalue weighted by molar-refractivity contribution is 7.89. The summed E-state index contributed by atoms with van der Waals surface area (Å²) in [7, 11) is -4.29. The van der Waals surface area contributed by atoms with Gasteiger partial charge in [0.2, 0.25) is 21.8 Å². The Morgan fingerprint density at radius 3 is 2.37 bits per heavy atom. The van der Waals surface area contributed by atoms with Crippen molar-refractivity contribution in [3.05, 3.63) is 70.9 Å². The van der Waals surface area contributed by atoms with E-state index in [4.69, 9.17) is 11.6 Å². The predicted molar refractivity (Wildman–Crippen MR) is 123 cm³/mol. The maximum absolute atomic E-state index is 13.7. The van der Waals surface area contributed by atoms with E-state index < -0.39 is 56.5 Å². The highest BCUT2D eigenvalue weighted by Gasteiger charge is 2.58. The summed E-state index contributed by atoms with van der Waals surface area (Å²) < 4.78 is 92.7. The van der Waals surface area contributed by atoms with E-state index in [2.05, 4.69) is 20.3 Å². The molecule has 1 aliphatic carbocycles. The summed E-state index contributed by atoms with van der Waals surface area (Å²) >= 11 is 6.19. The van der Waals surface area contributed by atoms with Crippen LogP contribution in [0.25, 0.3) is 11.3 Å². The van der Waals surface area contributed by atoms with Crippen LogP contribution in [0.3, 0.4) is 0 Å². The Morgan fingerprint density at radius 1 is 1.05 bits per heavy atom. The Morgan fingerprint density at radius 2 is 1.74 bits per heavy atom. The minimum absolute atomic E-state index is 0.137. The lowest BCUT2D eigenvalue weighted by Crippen LogP contribution is -2.46. The molecule has 15 heteroatoms. The van der Waals surface area contributed by atoms with Crippen LogP contribution in [0.5, 0.6) is 0 Å². The number of hydrogen-bond acceptors (Lipinski definition) is 6. The standard InChI is InChI=1S/C23H17ClF5N5O3S/c24-16-10-30-19(13-8-32-22(33-9-13)23(27,28)29)5-12(16)7-31-21(35)20-11-3-14(4-11)34(20)38(36,37)15-1-2-17(25)18(26)6-15/h1-2,5-6,8-11,14,20H,3-4,7H2,(H,31,35)/t11?,14?,20-/m0/s1.